The lowest BCUT2D eigenvalue weighted by atomic mass is 9.92. The Morgan fingerprint density at radius 3 is 2.79 bits per heavy atom. The van der Waals surface area contributed by atoms with Gasteiger partial charge in [-0.3, -0.25) is 14.8 Å². The molecule has 1 aromatic heterocycles. The Morgan fingerprint density at radius 1 is 1.30 bits per heavy atom. The molecule has 0 aliphatic carbocycles. The van der Waals surface area contributed by atoms with E-state index in [1.54, 1.807) is 47.4 Å². The molecule has 0 amide bonds. The second kappa shape index (κ2) is 12.7. The number of aromatic nitrogens is 1. The highest BCUT2D eigenvalue weighted by atomic mass is 32.1. The van der Waals surface area contributed by atoms with E-state index >= 15 is 8.78 Å². The zero-order valence-corrected chi connectivity index (χ0v) is 24.9. The van der Waals surface area contributed by atoms with Crippen LogP contribution in [0.25, 0.3) is 0 Å². The molecule has 0 spiro atoms. The van der Waals surface area contributed by atoms with Crippen LogP contribution in [0.15, 0.2) is 46.0 Å². The first-order chi connectivity index (χ1) is 20.5. The fourth-order valence-electron chi connectivity index (χ4n) is 6.06. The van der Waals surface area contributed by atoms with Crippen molar-refractivity contribution in [1.82, 2.24) is 20.1 Å². The summed E-state index contributed by atoms with van der Waals surface area (Å²) in [6.07, 6.45) is 1.03. The molecule has 232 valence electrons. The summed E-state index contributed by atoms with van der Waals surface area (Å²) in [7, 11) is 0. The number of esters is 1. The van der Waals surface area contributed by atoms with Crippen LogP contribution in [0.5, 0.6) is 0 Å². The molecular formula is C29H34F3N5O5S. The number of ether oxygens (including phenoxy) is 2. The molecule has 5 rings (SSSR count). The number of rotatable bonds is 11. The lowest BCUT2D eigenvalue weighted by Crippen LogP contribution is -2.46. The number of hydrogen-bond acceptors (Lipinski definition) is 10. The lowest BCUT2D eigenvalue weighted by Gasteiger charge is -2.31. The van der Waals surface area contributed by atoms with E-state index in [0.29, 0.717) is 40.6 Å². The van der Waals surface area contributed by atoms with E-state index in [4.69, 9.17) is 19.6 Å². The van der Waals surface area contributed by atoms with Crippen LogP contribution in [0.4, 0.5) is 13.2 Å². The molecule has 2 aromatic rings. The summed E-state index contributed by atoms with van der Waals surface area (Å²) >= 11 is 1.32. The number of halogens is 3. The molecule has 14 heteroatoms. The Bertz CT molecular complexity index is 1420. The van der Waals surface area contributed by atoms with Crippen molar-refractivity contribution in [3.63, 3.8) is 0 Å². The Labute approximate surface area is 251 Å². The van der Waals surface area contributed by atoms with Gasteiger partial charge in [0.2, 0.25) is 0 Å². The van der Waals surface area contributed by atoms with Gasteiger partial charge in [0.1, 0.15) is 11.9 Å². The van der Waals surface area contributed by atoms with Crippen LogP contribution in [0.1, 0.15) is 42.4 Å². The number of nitrogens with one attached hydrogen (secondary N) is 1. The molecule has 3 aliphatic heterocycles. The maximum absolute atomic E-state index is 15.6. The largest absolute Gasteiger partial charge is 0.479 e. The van der Waals surface area contributed by atoms with Crippen molar-refractivity contribution in [3.8, 4) is 0 Å². The van der Waals surface area contributed by atoms with Gasteiger partial charge in [0.05, 0.1) is 31.4 Å². The highest BCUT2D eigenvalue weighted by molar-refractivity contribution is 7.11. The molecule has 4 heterocycles. The maximum Gasteiger partial charge on any atom is 0.338 e. The number of aliphatic carboxylic acids is 1. The van der Waals surface area contributed by atoms with E-state index in [1.165, 1.54) is 24.3 Å². The Balaban J connectivity index is 1.47. The van der Waals surface area contributed by atoms with Crippen LogP contribution in [-0.2, 0) is 19.1 Å². The summed E-state index contributed by atoms with van der Waals surface area (Å²) in [6, 6.07) is 1.99. The fourth-order valence-corrected chi connectivity index (χ4v) is 6.65. The number of carbonyl (C=O) groups excluding carboxylic acids is 1. The van der Waals surface area contributed by atoms with Crippen molar-refractivity contribution >= 4 is 29.1 Å². The summed E-state index contributed by atoms with van der Waals surface area (Å²) in [6.45, 7) is 4.75. The third-order valence-electron chi connectivity index (χ3n) is 8.10. The minimum Gasteiger partial charge on any atom is -0.479 e. The molecule has 0 saturated carbocycles. The van der Waals surface area contributed by atoms with Crippen LogP contribution in [0.2, 0.25) is 0 Å². The van der Waals surface area contributed by atoms with Crippen molar-refractivity contribution in [3.05, 3.63) is 63.0 Å². The molecule has 4 unspecified atom stereocenters. The van der Waals surface area contributed by atoms with Gasteiger partial charge in [0.25, 0.3) is 5.92 Å². The van der Waals surface area contributed by atoms with E-state index in [-0.39, 0.29) is 31.9 Å². The van der Waals surface area contributed by atoms with Crippen molar-refractivity contribution in [1.29, 1.82) is 0 Å². The van der Waals surface area contributed by atoms with Crippen LogP contribution in [0, 0.1) is 12.7 Å². The first-order valence-electron chi connectivity index (χ1n) is 14.1. The van der Waals surface area contributed by atoms with Gasteiger partial charge in [-0.1, -0.05) is 12.1 Å². The number of alkyl halides is 2. The van der Waals surface area contributed by atoms with Crippen LogP contribution in [0.3, 0.4) is 0 Å². The molecule has 3 aliphatic rings. The third kappa shape index (κ3) is 6.33. The number of fused-ring (bicyclic) bond motifs is 1. The molecule has 2 saturated heterocycles. The predicted octanol–water partition coefficient (Wildman–Crippen LogP) is 3.38. The number of likely N-dealkylation sites (tertiary alicyclic amines) is 2. The van der Waals surface area contributed by atoms with E-state index in [9.17, 15) is 14.0 Å². The second-order valence-corrected chi connectivity index (χ2v) is 11.7. The average Bonchev–Trinajstić information content (AvgIpc) is 3.69. The second-order valence-electron chi connectivity index (χ2n) is 10.8. The minimum absolute atomic E-state index is 0.00872. The number of carboxylic acids is 1. The van der Waals surface area contributed by atoms with Crippen LogP contribution < -0.4 is 5.32 Å². The lowest BCUT2D eigenvalue weighted by molar-refractivity contribution is -0.149. The molecule has 0 bridgehead atoms. The SMILES string of the molecule is CCOC(=O)C1=C(CN2CC(F)(F)C3C2CCN3CCOC(C)C(=O)O)NC(c2nccs2)=NC1c1cccc(F)c1C. The molecule has 10 nitrogen and oxygen atoms in total. The molecule has 2 N–H and O–H groups in total. The first-order valence-corrected chi connectivity index (χ1v) is 15.0. The molecule has 4 atom stereocenters. The number of amidine groups is 1. The molecule has 43 heavy (non-hydrogen) atoms. The number of benzene rings is 1. The number of carbonyl (C=O) groups is 2. The Kier molecular flexibility index (Phi) is 9.20. The maximum atomic E-state index is 15.6. The first kappa shape index (κ1) is 31.1. The van der Waals surface area contributed by atoms with Crippen molar-refractivity contribution < 1.29 is 37.3 Å². The third-order valence-corrected chi connectivity index (χ3v) is 8.88. The highest BCUT2D eigenvalue weighted by Crippen LogP contribution is 2.43. The minimum atomic E-state index is -3.07. The van der Waals surface area contributed by atoms with E-state index < -0.39 is 54.5 Å². The summed E-state index contributed by atoms with van der Waals surface area (Å²) in [5.41, 5.74) is 1.26. The smallest absolute Gasteiger partial charge is 0.338 e. The van der Waals surface area contributed by atoms with Gasteiger partial charge in [0.15, 0.2) is 16.9 Å². The zero-order valence-electron chi connectivity index (χ0n) is 24.1. The van der Waals surface area contributed by atoms with Gasteiger partial charge in [-0.15, -0.1) is 11.3 Å². The Hall–Kier alpha value is -3.33. The summed E-state index contributed by atoms with van der Waals surface area (Å²) in [4.78, 5) is 36.9. The van der Waals surface area contributed by atoms with Crippen LogP contribution in [-0.4, -0.2) is 101 Å². The summed E-state index contributed by atoms with van der Waals surface area (Å²) < 4.78 is 56.5. The molecule has 0 radical (unpaired) electrons. The molecular weight excluding hydrogens is 587 g/mol. The number of thiazole rings is 1. The van der Waals surface area contributed by atoms with E-state index in [1.807, 2.05) is 0 Å². The van der Waals surface area contributed by atoms with Crippen molar-refractivity contribution in [2.75, 3.05) is 39.4 Å². The van der Waals surface area contributed by atoms with Gasteiger partial charge in [-0.05, 0) is 44.4 Å². The fraction of sp³-hybridized carbons (Fsp3) is 0.517. The van der Waals surface area contributed by atoms with Crippen molar-refractivity contribution in [2.45, 2.75) is 57.3 Å². The number of carboxylic acid groups (broad SMARTS) is 1. The quantitative estimate of drug-likeness (QED) is 0.365. The molecule has 2 fully saturated rings. The Morgan fingerprint density at radius 2 is 2.09 bits per heavy atom. The van der Waals surface area contributed by atoms with Crippen molar-refractivity contribution in [2.24, 2.45) is 4.99 Å². The van der Waals surface area contributed by atoms with Gasteiger partial charge in [-0.2, -0.15) is 0 Å². The van der Waals surface area contributed by atoms with E-state index in [0.717, 1.165) is 0 Å². The van der Waals surface area contributed by atoms with Crippen LogP contribution >= 0.6 is 11.3 Å². The topological polar surface area (TPSA) is 117 Å². The highest BCUT2D eigenvalue weighted by Gasteiger charge is 2.59. The summed E-state index contributed by atoms with van der Waals surface area (Å²) in [5, 5.41) is 14.5. The van der Waals surface area contributed by atoms with Gasteiger partial charge in [0, 0.05) is 43.0 Å². The average molecular weight is 622 g/mol. The monoisotopic (exact) mass is 621 g/mol. The normalized spacial score (nSPS) is 24.4. The zero-order chi connectivity index (χ0) is 30.9. The number of aliphatic imine (C=N–C) groups is 1. The van der Waals surface area contributed by atoms with Gasteiger partial charge >= 0.3 is 11.9 Å². The number of nitrogens with zero attached hydrogens (tertiary/aromatic N) is 4. The standard InChI is InChI=1S/C29H34F3N5O5S/c1-4-41-28(40)22-20(34-25(26-33-9-13-43-26)35-23(22)18-6-5-7-19(30)16(18)2)14-37-15-29(31,32)24-21(37)8-10-36(24)11-12-42-17(3)27(38)39/h5-7,9,13,17,21,23-24H,4,8,10-12,14-15H2,1-3H3,(H,34,35)(H,38,39). The predicted molar refractivity (Wildman–Crippen MR) is 153 cm³/mol. The van der Waals surface area contributed by atoms with Gasteiger partial charge < -0.3 is 19.9 Å². The number of hydrogen-bond donors (Lipinski definition) is 2. The van der Waals surface area contributed by atoms with E-state index in [2.05, 4.69) is 10.3 Å². The molecule has 1 aromatic carbocycles. The summed E-state index contributed by atoms with van der Waals surface area (Å²) in [5.74, 6) is -4.95. The van der Waals surface area contributed by atoms with Gasteiger partial charge in [-0.25, -0.2) is 27.7 Å².